The van der Waals surface area contributed by atoms with E-state index in [0.717, 1.165) is 0 Å². The van der Waals surface area contributed by atoms with Crippen molar-refractivity contribution in [1.82, 2.24) is 9.78 Å². The molecule has 1 atom stereocenters. The van der Waals surface area contributed by atoms with Gasteiger partial charge in [0.1, 0.15) is 11.6 Å². The number of rotatable bonds is 5. The van der Waals surface area contributed by atoms with Crippen LogP contribution in [0.4, 0.5) is 5.82 Å². The summed E-state index contributed by atoms with van der Waals surface area (Å²) in [6, 6.07) is 7.05. The number of halogens is 2. The van der Waals surface area contributed by atoms with Gasteiger partial charge in [0.25, 0.3) is 5.91 Å². The quantitative estimate of drug-likeness (QED) is 0.834. The smallest absolute Gasteiger partial charge is 0.266 e. The Morgan fingerprint density at radius 2 is 2.09 bits per heavy atom. The zero-order valence-electron chi connectivity index (χ0n) is 12.5. The van der Waals surface area contributed by atoms with Gasteiger partial charge in [0.05, 0.1) is 10.7 Å². The van der Waals surface area contributed by atoms with Crippen LogP contribution < -0.4 is 10.1 Å². The lowest BCUT2D eigenvalue weighted by Gasteiger charge is -2.17. The van der Waals surface area contributed by atoms with Crippen LogP contribution in [0.2, 0.25) is 5.02 Å². The molecule has 5 nitrogen and oxygen atoms in total. The first-order chi connectivity index (χ1) is 10.4. The highest BCUT2D eigenvalue weighted by Gasteiger charge is 2.18. The van der Waals surface area contributed by atoms with E-state index in [1.807, 2.05) is 13.8 Å². The summed E-state index contributed by atoms with van der Waals surface area (Å²) in [5.41, 5.74) is 0. The summed E-state index contributed by atoms with van der Waals surface area (Å²) in [6.07, 6.45) is 0.990. The van der Waals surface area contributed by atoms with Crippen LogP contribution in [0.5, 0.6) is 5.75 Å². The van der Waals surface area contributed by atoms with Crippen molar-refractivity contribution in [2.75, 3.05) is 5.32 Å². The largest absolute Gasteiger partial charge is 0.480 e. The molecule has 0 aliphatic heterocycles. The third-order valence-electron chi connectivity index (χ3n) is 2.98. The van der Waals surface area contributed by atoms with E-state index in [1.165, 1.54) is 0 Å². The van der Waals surface area contributed by atoms with Crippen molar-refractivity contribution in [1.29, 1.82) is 0 Å². The molecule has 2 aromatic rings. The molecule has 0 radical (unpaired) electrons. The van der Waals surface area contributed by atoms with Gasteiger partial charge in [-0.05, 0) is 54.9 Å². The maximum atomic E-state index is 12.2. The fraction of sp³-hybridized carbons (Fsp3) is 0.333. The van der Waals surface area contributed by atoms with Gasteiger partial charge in [-0.1, -0.05) is 11.6 Å². The lowest BCUT2D eigenvalue weighted by molar-refractivity contribution is -0.122. The molecule has 118 valence electrons. The van der Waals surface area contributed by atoms with Crippen molar-refractivity contribution >= 4 is 39.3 Å². The Bertz CT molecular complexity index is 673. The number of carbonyl (C=O) groups excluding carboxylic acids is 1. The van der Waals surface area contributed by atoms with Crippen LogP contribution in [-0.2, 0) is 4.79 Å². The van der Waals surface area contributed by atoms with E-state index in [-0.39, 0.29) is 11.9 Å². The molecule has 0 aliphatic carbocycles. The van der Waals surface area contributed by atoms with E-state index >= 15 is 0 Å². The third kappa shape index (κ3) is 4.01. The Morgan fingerprint density at radius 1 is 1.36 bits per heavy atom. The molecule has 22 heavy (non-hydrogen) atoms. The van der Waals surface area contributed by atoms with Gasteiger partial charge in [-0.3, -0.25) is 4.79 Å². The monoisotopic (exact) mass is 385 g/mol. The fourth-order valence-electron chi connectivity index (χ4n) is 1.87. The summed E-state index contributed by atoms with van der Waals surface area (Å²) in [7, 11) is 0. The lowest BCUT2D eigenvalue weighted by Crippen LogP contribution is -2.31. The van der Waals surface area contributed by atoms with Crippen LogP contribution in [0.25, 0.3) is 0 Å². The number of carbonyl (C=O) groups is 1. The normalized spacial score (nSPS) is 12.3. The molecule has 1 amide bonds. The number of benzene rings is 1. The average molecular weight is 387 g/mol. The van der Waals surface area contributed by atoms with E-state index in [0.29, 0.717) is 21.1 Å². The Morgan fingerprint density at radius 3 is 2.73 bits per heavy atom. The number of amides is 1. The van der Waals surface area contributed by atoms with Crippen LogP contribution >= 0.6 is 27.5 Å². The van der Waals surface area contributed by atoms with E-state index in [1.54, 1.807) is 42.1 Å². The molecule has 0 spiro atoms. The molecule has 1 aromatic carbocycles. The molecule has 1 heterocycles. The second-order valence-corrected chi connectivity index (χ2v) is 6.37. The van der Waals surface area contributed by atoms with E-state index in [4.69, 9.17) is 16.3 Å². The van der Waals surface area contributed by atoms with Gasteiger partial charge in [0.2, 0.25) is 0 Å². The number of hydrogen-bond acceptors (Lipinski definition) is 3. The fourth-order valence-corrected chi connectivity index (χ4v) is 2.64. The summed E-state index contributed by atoms with van der Waals surface area (Å²) in [5, 5.41) is 7.59. The molecular formula is C15H17BrClN3O2. The van der Waals surface area contributed by atoms with Gasteiger partial charge < -0.3 is 10.1 Å². The molecule has 0 aliphatic rings. The number of hydrogen-bond donors (Lipinski definition) is 1. The van der Waals surface area contributed by atoms with Crippen LogP contribution in [0, 0.1) is 0 Å². The second kappa shape index (κ2) is 7.15. The zero-order valence-corrected chi connectivity index (χ0v) is 14.9. The highest BCUT2D eigenvalue weighted by Crippen LogP contribution is 2.28. The van der Waals surface area contributed by atoms with E-state index in [9.17, 15) is 4.79 Å². The van der Waals surface area contributed by atoms with Crippen molar-refractivity contribution in [3.8, 4) is 5.75 Å². The lowest BCUT2D eigenvalue weighted by atomic mass is 10.3. The second-order valence-electron chi connectivity index (χ2n) is 5.08. The van der Waals surface area contributed by atoms with Crippen molar-refractivity contribution in [2.24, 2.45) is 0 Å². The summed E-state index contributed by atoms with van der Waals surface area (Å²) in [6.45, 7) is 5.67. The summed E-state index contributed by atoms with van der Waals surface area (Å²) < 4.78 is 8.10. The average Bonchev–Trinajstić information content (AvgIpc) is 2.90. The van der Waals surface area contributed by atoms with Gasteiger partial charge in [0, 0.05) is 17.1 Å². The number of nitrogens with zero attached hydrogens (tertiary/aromatic N) is 2. The first kappa shape index (κ1) is 16.8. The summed E-state index contributed by atoms with van der Waals surface area (Å²) >= 11 is 9.24. The van der Waals surface area contributed by atoms with Gasteiger partial charge in [-0.15, -0.1) is 0 Å². The van der Waals surface area contributed by atoms with Crippen molar-refractivity contribution in [3.05, 3.63) is 40.0 Å². The highest BCUT2D eigenvalue weighted by molar-refractivity contribution is 9.10. The minimum atomic E-state index is -0.659. The summed E-state index contributed by atoms with van der Waals surface area (Å²) in [4.78, 5) is 12.2. The molecule has 0 saturated heterocycles. The molecule has 1 aromatic heterocycles. The van der Waals surface area contributed by atoms with E-state index in [2.05, 4.69) is 26.3 Å². The van der Waals surface area contributed by atoms with Crippen LogP contribution in [0.1, 0.15) is 26.8 Å². The first-order valence-electron chi connectivity index (χ1n) is 6.84. The molecule has 0 saturated carbocycles. The Kier molecular flexibility index (Phi) is 5.47. The number of aromatic nitrogens is 2. The SMILES string of the molecule is CC(C)n1nccc1NC(=O)[C@H](C)Oc1ccc(Cl)cc1Br. The number of nitrogens with one attached hydrogen (secondary N) is 1. The number of anilines is 1. The topological polar surface area (TPSA) is 56.2 Å². The highest BCUT2D eigenvalue weighted by atomic mass is 79.9. The molecule has 0 bridgehead atoms. The minimum Gasteiger partial charge on any atom is -0.480 e. The molecule has 1 N–H and O–H groups in total. The predicted octanol–water partition coefficient (Wildman–Crippen LogP) is 4.29. The van der Waals surface area contributed by atoms with Crippen LogP contribution in [-0.4, -0.2) is 21.8 Å². The van der Waals surface area contributed by atoms with Gasteiger partial charge in [0.15, 0.2) is 6.10 Å². The Labute approximate surface area is 142 Å². The van der Waals surface area contributed by atoms with Crippen LogP contribution in [0.3, 0.4) is 0 Å². The van der Waals surface area contributed by atoms with Gasteiger partial charge >= 0.3 is 0 Å². The molecule has 2 rings (SSSR count). The minimum absolute atomic E-state index is 0.159. The molecule has 0 fully saturated rings. The van der Waals surface area contributed by atoms with Gasteiger partial charge in [-0.25, -0.2) is 4.68 Å². The maximum absolute atomic E-state index is 12.2. The molecular weight excluding hydrogens is 370 g/mol. The number of ether oxygens (including phenoxy) is 1. The Hall–Kier alpha value is -1.53. The predicted molar refractivity (Wildman–Crippen MR) is 90.5 cm³/mol. The van der Waals surface area contributed by atoms with E-state index < -0.39 is 6.10 Å². The van der Waals surface area contributed by atoms with Gasteiger partial charge in [-0.2, -0.15) is 5.10 Å². The standard InChI is InChI=1S/C15H17BrClN3O2/c1-9(2)20-14(6-7-18-20)19-15(21)10(3)22-13-5-4-11(17)8-12(13)16/h4-10H,1-3H3,(H,19,21)/t10-/m0/s1. The summed E-state index contributed by atoms with van der Waals surface area (Å²) in [5.74, 6) is 0.958. The molecule has 7 heteroatoms. The maximum Gasteiger partial charge on any atom is 0.266 e. The molecule has 0 unspecified atom stereocenters. The van der Waals surface area contributed by atoms with Crippen LogP contribution in [0.15, 0.2) is 34.9 Å². The van der Waals surface area contributed by atoms with Crippen molar-refractivity contribution in [3.63, 3.8) is 0 Å². The zero-order chi connectivity index (χ0) is 16.3. The van der Waals surface area contributed by atoms with Crippen molar-refractivity contribution in [2.45, 2.75) is 32.9 Å². The van der Waals surface area contributed by atoms with Crippen molar-refractivity contribution < 1.29 is 9.53 Å². The Balaban J connectivity index is 2.04. The first-order valence-corrected chi connectivity index (χ1v) is 8.01. The third-order valence-corrected chi connectivity index (χ3v) is 3.83.